The third kappa shape index (κ3) is 4.90. The van der Waals surface area contributed by atoms with Crippen molar-refractivity contribution in [3.05, 3.63) is 48.2 Å². The van der Waals surface area contributed by atoms with E-state index in [1.165, 1.54) is 6.20 Å². The summed E-state index contributed by atoms with van der Waals surface area (Å²) in [4.78, 5) is 46.1. The molecule has 2 aromatic heterocycles. The summed E-state index contributed by atoms with van der Waals surface area (Å²) in [7, 11) is 0. The highest BCUT2D eigenvalue weighted by molar-refractivity contribution is 6.05. The Morgan fingerprint density at radius 1 is 1.14 bits per heavy atom. The maximum Gasteiger partial charge on any atom is 0.412 e. The van der Waals surface area contributed by atoms with E-state index in [0.717, 1.165) is 18.4 Å². The van der Waals surface area contributed by atoms with Gasteiger partial charge in [-0.15, -0.1) is 0 Å². The van der Waals surface area contributed by atoms with Crippen molar-refractivity contribution < 1.29 is 23.5 Å². The molecule has 2 aliphatic carbocycles. The normalized spacial score (nSPS) is 20.8. The predicted octanol–water partition coefficient (Wildman–Crippen LogP) is 5.65. The van der Waals surface area contributed by atoms with Crippen LogP contribution in [0.4, 0.5) is 20.7 Å². The van der Waals surface area contributed by atoms with Crippen LogP contribution in [0, 0.1) is 30.5 Å². The number of amides is 2. The highest BCUT2D eigenvalue weighted by Crippen LogP contribution is 2.54. The molecule has 192 valence electrons. The summed E-state index contributed by atoms with van der Waals surface area (Å²) < 4.78 is 21.2. The van der Waals surface area contributed by atoms with E-state index in [0.29, 0.717) is 22.8 Å². The number of nitrogens with one attached hydrogen (secondary N) is 2. The summed E-state index contributed by atoms with van der Waals surface area (Å²) in [5.41, 5.74) is 0.767. The molecule has 2 saturated carbocycles. The molecular weight excluding hydrogens is 475 g/mol. The van der Waals surface area contributed by atoms with Crippen molar-refractivity contribution in [1.29, 1.82) is 0 Å². The summed E-state index contributed by atoms with van der Waals surface area (Å²) in [6.45, 7) is 7.00. The van der Waals surface area contributed by atoms with Gasteiger partial charge in [0, 0.05) is 47.4 Å². The molecule has 37 heavy (non-hydrogen) atoms. The van der Waals surface area contributed by atoms with E-state index >= 15 is 4.39 Å². The molecule has 0 aliphatic heterocycles. The van der Waals surface area contributed by atoms with Gasteiger partial charge in [0.2, 0.25) is 5.91 Å². The molecule has 2 heterocycles. The first kappa shape index (κ1) is 24.8. The number of anilines is 2. The van der Waals surface area contributed by atoms with E-state index in [4.69, 9.17) is 4.74 Å². The van der Waals surface area contributed by atoms with Crippen molar-refractivity contribution in [2.24, 2.45) is 17.8 Å². The van der Waals surface area contributed by atoms with E-state index in [2.05, 4.69) is 20.6 Å². The lowest BCUT2D eigenvalue weighted by Gasteiger charge is -2.21. The zero-order valence-electron chi connectivity index (χ0n) is 21.2. The first-order valence-corrected chi connectivity index (χ1v) is 12.4. The molecular formula is C28H29FN4O4. The summed E-state index contributed by atoms with van der Waals surface area (Å²) in [5, 5.41) is 6.28. The molecule has 3 atom stereocenters. The molecule has 2 N–H and O–H groups in total. The first-order chi connectivity index (χ1) is 17.5. The van der Waals surface area contributed by atoms with E-state index in [1.54, 1.807) is 51.4 Å². The molecule has 0 saturated heterocycles. The SMILES string of the molecule is Cc1ccncc1-c1cc2cc(NC(=O)C3C4CCCC(=O)C43)ncc2c(NC(=O)OC(C)(C)C)c1F. The fourth-order valence-corrected chi connectivity index (χ4v) is 5.23. The van der Waals surface area contributed by atoms with E-state index in [9.17, 15) is 14.4 Å². The topological polar surface area (TPSA) is 110 Å². The average molecular weight is 505 g/mol. The van der Waals surface area contributed by atoms with Gasteiger partial charge in [-0.1, -0.05) is 0 Å². The Labute approximate surface area is 214 Å². The lowest BCUT2D eigenvalue weighted by atomic mass is 9.98. The number of benzene rings is 1. The summed E-state index contributed by atoms with van der Waals surface area (Å²) in [6.07, 6.45) is 6.04. The van der Waals surface area contributed by atoms with Crippen LogP contribution in [0.2, 0.25) is 0 Å². The number of hydrogen-bond acceptors (Lipinski definition) is 6. The van der Waals surface area contributed by atoms with Gasteiger partial charge < -0.3 is 10.1 Å². The van der Waals surface area contributed by atoms with Crippen molar-refractivity contribution >= 4 is 40.1 Å². The minimum Gasteiger partial charge on any atom is -0.444 e. The Morgan fingerprint density at radius 2 is 1.92 bits per heavy atom. The van der Waals surface area contributed by atoms with Crippen molar-refractivity contribution in [3.63, 3.8) is 0 Å². The number of halogens is 1. The first-order valence-electron chi connectivity index (χ1n) is 12.4. The van der Waals surface area contributed by atoms with Crippen LogP contribution >= 0.6 is 0 Å². The van der Waals surface area contributed by atoms with Crippen molar-refractivity contribution in [3.8, 4) is 11.1 Å². The van der Waals surface area contributed by atoms with Crippen molar-refractivity contribution in [2.45, 2.75) is 52.6 Å². The van der Waals surface area contributed by atoms with Gasteiger partial charge in [0.25, 0.3) is 0 Å². The third-order valence-electron chi connectivity index (χ3n) is 6.97. The fraction of sp³-hybridized carbons (Fsp3) is 0.393. The largest absolute Gasteiger partial charge is 0.444 e. The predicted molar refractivity (Wildman–Crippen MR) is 137 cm³/mol. The number of aromatic nitrogens is 2. The lowest BCUT2D eigenvalue weighted by Crippen LogP contribution is -2.27. The van der Waals surface area contributed by atoms with Gasteiger partial charge in [-0.2, -0.15) is 0 Å². The Kier molecular flexibility index (Phi) is 6.17. The van der Waals surface area contributed by atoms with Crippen LogP contribution in [-0.2, 0) is 14.3 Å². The molecule has 1 aromatic carbocycles. The van der Waals surface area contributed by atoms with E-state index in [-0.39, 0.29) is 46.5 Å². The van der Waals surface area contributed by atoms with Crippen LogP contribution in [0.25, 0.3) is 21.9 Å². The fourth-order valence-electron chi connectivity index (χ4n) is 5.23. The number of rotatable bonds is 4. The molecule has 0 bridgehead atoms. The highest BCUT2D eigenvalue weighted by Gasteiger charge is 2.59. The molecule has 3 unspecified atom stereocenters. The van der Waals surface area contributed by atoms with Crippen LogP contribution in [0.5, 0.6) is 0 Å². The van der Waals surface area contributed by atoms with E-state index in [1.807, 2.05) is 6.92 Å². The number of hydrogen-bond donors (Lipinski definition) is 2. The number of fused-ring (bicyclic) bond motifs is 2. The zero-order chi connectivity index (χ0) is 26.5. The summed E-state index contributed by atoms with van der Waals surface area (Å²) in [6, 6.07) is 5.05. The Bertz CT molecular complexity index is 1430. The lowest BCUT2D eigenvalue weighted by molar-refractivity contribution is -0.124. The van der Waals surface area contributed by atoms with Gasteiger partial charge in [-0.25, -0.2) is 14.2 Å². The number of carbonyl (C=O) groups excluding carboxylic acids is 3. The monoisotopic (exact) mass is 504 g/mol. The number of pyridine rings is 2. The Hall–Kier alpha value is -3.88. The minimum absolute atomic E-state index is 0.0748. The maximum absolute atomic E-state index is 15.9. The molecule has 0 spiro atoms. The molecule has 2 amide bonds. The van der Waals surface area contributed by atoms with Gasteiger partial charge in [0.1, 0.15) is 17.2 Å². The number of nitrogens with zero attached hydrogens (tertiary/aromatic N) is 2. The molecule has 5 rings (SSSR count). The second-order valence-electron chi connectivity index (χ2n) is 10.8. The average Bonchev–Trinajstić information content (AvgIpc) is 3.56. The zero-order valence-corrected chi connectivity index (χ0v) is 21.2. The van der Waals surface area contributed by atoms with Gasteiger partial charge in [0.15, 0.2) is 5.82 Å². The number of ether oxygens (including phenoxy) is 1. The number of carbonyl (C=O) groups is 3. The van der Waals surface area contributed by atoms with E-state index < -0.39 is 17.5 Å². The van der Waals surface area contributed by atoms with Gasteiger partial charge in [0.05, 0.1) is 11.6 Å². The number of Topliss-reactive ketones (excluding diaryl/α,β-unsaturated/α-hetero) is 1. The summed E-state index contributed by atoms with van der Waals surface area (Å²) in [5.74, 6) is -0.819. The van der Waals surface area contributed by atoms with Gasteiger partial charge in [-0.05, 0) is 75.6 Å². The van der Waals surface area contributed by atoms with Gasteiger partial charge in [-0.3, -0.25) is 19.9 Å². The van der Waals surface area contributed by atoms with Crippen LogP contribution in [0.15, 0.2) is 36.8 Å². The number of ketones is 1. The molecule has 3 aromatic rings. The second-order valence-corrected chi connectivity index (χ2v) is 10.8. The quantitative estimate of drug-likeness (QED) is 0.475. The maximum atomic E-state index is 15.9. The standard InChI is InChI=1S/C28H29FN4O4/c1-14-8-9-30-12-18(14)17-10-15-11-21(32-26(35)23-16-6-5-7-20(34)22(16)23)31-13-19(15)25(24(17)29)33-27(36)37-28(2,3)4/h8-13,16,22-23H,5-7H2,1-4H3,(H,33,36)(H,31,32,35). The number of aryl methyl sites for hydroxylation is 1. The smallest absolute Gasteiger partial charge is 0.412 e. The van der Waals surface area contributed by atoms with Crippen molar-refractivity contribution in [1.82, 2.24) is 9.97 Å². The van der Waals surface area contributed by atoms with Crippen molar-refractivity contribution in [2.75, 3.05) is 10.6 Å². The molecule has 2 aliphatic rings. The van der Waals surface area contributed by atoms with Crippen LogP contribution < -0.4 is 10.6 Å². The molecule has 9 heteroatoms. The molecule has 8 nitrogen and oxygen atoms in total. The minimum atomic E-state index is -0.800. The Morgan fingerprint density at radius 3 is 2.62 bits per heavy atom. The van der Waals surface area contributed by atoms with Gasteiger partial charge >= 0.3 is 6.09 Å². The third-order valence-corrected chi connectivity index (χ3v) is 6.97. The van der Waals surface area contributed by atoms with Crippen LogP contribution in [-0.4, -0.2) is 33.4 Å². The molecule has 0 radical (unpaired) electrons. The Balaban J connectivity index is 1.52. The van der Waals surface area contributed by atoms with Crippen LogP contribution in [0.3, 0.4) is 0 Å². The molecule has 2 fully saturated rings. The van der Waals surface area contributed by atoms with Crippen LogP contribution in [0.1, 0.15) is 45.6 Å². The second kappa shape index (κ2) is 9.21. The summed E-state index contributed by atoms with van der Waals surface area (Å²) >= 11 is 0. The highest BCUT2D eigenvalue weighted by atomic mass is 19.1.